The molecule has 1 aliphatic carbocycles. The molecular formula is C27H32N4O3. The molecule has 2 heterocycles. The number of piperidine rings is 1. The molecule has 1 aliphatic heterocycles. The Labute approximate surface area is 200 Å². The van der Waals surface area contributed by atoms with Gasteiger partial charge >= 0.3 is 0 Å². The van der Waals surface area contributed by atoms with E-state index >= 15 is 0 Å². The van der Waals surface area contributed by atoms with Crippen molar-refractivity contribution in [2.45, 2.75) is 51.0 Å². The first kappa shape index (κ1) is 22.4. The molecule has 34 heavy (non-hydrogen) atoms. The van der Waals surface area contributed by atoms with Crippen LogP contribution in [-0.4, -0.2) is 29.0 Å². The maximum absolute atomic E-state index is 11.0. The minimum Gasteiger partial charge on any atom is -0.424 e. The molecular weight excluding hydrogens is 428 g/mol. The Morgan fingerprint density at radius 2 is 1.82 bits per heavy atom. The first-order chi connectivity index (χ1) is 16.7. The average molecular weight is 461 g/mol. The highest BCUT2D eigenvalue weighted by Crippen LogP contribution is 2.36. The molecule has 1 saturated carbocycles. The predicted octanol–water partition coefficient (Wildman–Crippen LogP) is 6.53. The van der Waals surface area contributed by atoms with E-state index in [1.54, 1.807) is 18.3 Å². The van der Waals surface area contributed by atoms with Crippen LogP contribution in [0.2, 0.25) is 0 Å². The molecule has 5 rings (SSSR count). The van der Waals surface area contributed by atoms with Crippen LogP contribution in [0.4, 0.5) is 17.4 Å². The number of nitrogens with one attached hydrogen (secondary N) is 1. The molecule has 1 aromatic heterocycles. The number of hydrogen-bond acceptors (Lipinski definition) is 6. The molecule has 0 bridgehead atoms. The summed E-state index contributed by atoms with van der Waals surface area (Å²) < 4.78 is 6.03. The fraction of sp³-hybridized carbons (Fsp3) is 0.444. The molecule has 1 N–H and O–H groups in total. The monoisotopic (exact) mass is 460 g/mol. The van der Waals surface area contributed by atoms with Gasteiger partial charge in [-0.25, -0.2) is 4.98 Å². The molecule has 0 spiro atoms. The maximum Gasteiger partial charge on any atom is 0.295 e. The smallest absolute Gasteiger partial charge is 0.295 e. The van der Waals surface area contributed by atoms with Crippen LogP contribution in [0.5, 0.6) is 0 Å². The lowest BCUT2D eigenvalue weighted by Crippen LogP contribution is -2.39. The van der Waals surface area contributed by atoms with E-state index in [9.17, 15) is 10.1 Å². The number of aromatic nitrogens is 1. The van der Waals surface area contributed by atoms with Gasteiger partial charge in [-0.15, -0.1) is 0 Å². The van der Waals surface area contributed by atoms with Crippen molar-refractivity contribution in [2.24, 2.45) is 11.8 Å². The molecule has 1 saturated heterocycles. The molecule has 3 aromatic rings. The lowest BCUT2D eigenvalue weighted by Gasteiger charge is -2.39. The van der Waals surface area contributed by atoms with Gasteiger partial charge in [0.05, 0.1) is 11.1 Å². The van der Waals surface area contributed by atoms with Crippen LogP contribution in [0, 0.1) is 22.0 Å². The van der Waals surface area contributed by atoms with Crippen LogP contribution in [-0.2, 0) is 0 Å². The molecule has 0 unspecified atom stereocenters. The number of non-ortho nitro benzene ring substituents is 1. The zero-order chi connectivity index (χ0) is 23.3. The molecule has 0 radical (unpaired) electrons. The third kappa shape index (κ3) is 5.24. The van der Waals surface area contributed by atoms with E-state index in [1.807, 2.05) is 42.5 Å². The highest BCUT2D eigenvalue weighted by atomic mass is 16.6. The molecule has 178 valence electrons. The van der Waals surface area contributed by atoms with Gasteiger partial charge in [-0.3, -0.25) is 10.1 Å². The van der Waals surface area contributed by atoms with Crippen molar-refractivity contribution in [3.63, 3.8) is 0 Å². The number of rotatable bonds is 7. The summed E-state index contributed by atoms with van der Waals surface area (Å²) in [6.45, 7) is 2.03. The number of nitro groups is 1. The number of oxazole rings is 1. The first-order valence-corrected chi connectivity index (χ1v) is 12.4. The minimum atomic E-state index is -0.338. The fourth-order valence-corrected chi connectivity index (χ4v) is 5.62. The van der Waals surface area contributed by atoms with Crippen LogP contribution >= 0.6 is 0 Å². The molecule has 2 aliphatic rings. The van der Waals surface area contributed by atoms with E-state index < -0.39 is 0 Å². The van der Waals surface area contributed by atoms with E-state index in [4.69, 9.17) is 4.42 Å². The summed E-state index contributed by atoms with van der Waals surface area (Å²) in [5.74, 6) is 2.02. The molecule has 7 nitrogen and oxygen atoms in total. The Balaban J connectivity index is 1.21. The van der Waals surface area contributed by atoms with Crippen LogP contribution in [0.25, 0.3) is 11.3 Å². The number of benzene rings is 2. The molecule has 2 fully saturated rings. The van der Waals surface area contributed by atoms with E-state index in [1.165, 1.54) is 32.1 Å². The van der Waals surface area contributed by atoms with Gasteiger partial charge < -0.3 is 14.6 Å². The van der Waals surface area contributed by atoms with Gasteiger partial charge in [0.1, 0.15) is 0 Å². The van der Waals surface area contributed by atoms with Crippen molar-refractivity contribution < 1.29 is 9.34 Å². The summed E-state index contributed by atoms with van der Waals surface area (Å²) in [6, 6.07) is 18.1. The second kappa shape index (κ2) is 10.3. The average Bonchev–Trinajstić information content (AvgIpc) is 3.35. The molecule has 2 aromatic carbocycles. The van der Waals surface area contributed by atoms with E-state index in [0.29, 0.717) is 23.9 Å². The topological polar surface area (TPSA) is 84.4 Å². The third-order valence-electron chi connectivity index (χ3n) is 7.36. The normalized spacial score (nSPS) is 22.9. The van der Waals surface area contributed by atoms with Crippen LogP contribution < -0.4 is 10.2 Å². The molecule has 0 amide bonds. The van der Waals surface area contributed by atoms with E-state index in [-0.39, 0.29) is 10.6 Å². The third-order valence-corrected chi connectivity index (χ3v) is 7.36. The van der Waals surface area contributed by atoms with Crippen molar-refractivity contribution in [2.75, 3.05) is 23.3 Å². The highest BCUT2D eigenvalue weighted by molar-refractivity contribution is 5.57. The summed E-state index contributed by atoms with van der Waals surface area (Å²) in [5.41, 5.74) is 2.27. The summed E-state index contributed by atoms with van der Waals surface area (Å²) in [5, 5.41) is 14.6. The lowest BCUT2D eigenvalue weighted by molar-refractivity contribution is -0.384. The Hall–Kier alpha value is -3.35. The summed E-state index contributed by atoms with van der Waals surface area (Å²) >= 11 is 0. The van der Waals surface area contributed by atoms with Crippen molar-refractivity contribution >= 4 is 17.4 Å². The Kier molecular flexibility index (Phi) is 6.79. The van der Waals surface area contributed by atoms with Crippen LogP contribution in [0.3, 0.4) is 0 Å². The Bertz CT molecular complexity index is 1080. The first-order valence-electron chi connectivity index (χ1n) is 12.4. The van der Waals surface area contributed by atoms with Crippen LogP contribution in [0.15, 0.2) is 65.2 Å². The van der Waals surface area contributed by atoms with Gasteiger partial charge in [-0.1, -0.05) is 43.2 Å². The van der Waals surface area contributed by atoms with Crippen LogP contribution in [0.1, 0.15) is 44.9 Å². The highest BCUT2D eigenvalue weighted by Gasteiger charge is 2.30. The fourth-order valence-electron chi connectivity index (χ4n) is 5.62. The summed E-state index contributed by atoms with van der Waals surface area (Å²) in [7, 11) is 0. The zero-order valence-electron chi connectivity index (χ0n) is 19.4. The zero-order valence-corrected chi connectivity index (χ0v) is 19.4. The summed E-state index contributed by atoms with van der Waals surface area (Å²) in [4.78, 5) is 17.5. The van der Waals surface area contributed by atoms with Gasteiger partial charge in [0, 0.05) is 42.5 Å². The largest absolute Gasteiger partial charge is 0.424 e. The second-order valence-corrected chi connectivity index (χ2v) is 9.65. The SMILES string of the molecule is O=[N+]([O-])c1ccc(N2CCC[C@H](C[C@@H]3CCCC[C@H]3Nc3ncc(-c4ccccc4)o3)C2)cc1. The van der Waals surface area contributed by atoms with Crippen molar-refractivity contribution in [1.82, 2.24) is 4.98 Å². The van der Waals surface area contributed by atoms with Crippen molar-refractivity contribution in [3.8, 4) is 11.3 Å². The van der Waals surface area contributed by atoms with E-state index in [2.05, 4.69) is 15.2 Å². The molecule has 7 heteroatoms. The van der Waals surface area contributed by atoms with Gasteiger partial charge in [-0.2, -0.15) is 0 Å². The van der Waals surface area contributed by atoms with Gasteiger partial charge in [0.15, 0.2) is 5.76 Å². The molecule has 3 atom stereocenters. The Morgan fingerprint density at radius 1 is 1.03 bits per heavy atom. The number of hydrogen-bond donors (Lipinski definition) is 1. The number of nitro benzene ring substituents is 1. The Morgan fingerprint density at radius 3 is 2.62 bits per heavy atom. The predicted molar refractivity (Wildman–Crippen MR) is 134 cm³/mol. The van der Waals surface area contributed by atoms with Gasteiger partial charge in [0.25, 0.3) is 11.7 Å². The second-order valence-electron chi connectivity index (χ2n) is 9.65. The van der Waals surface area contributed by atoms with Crippen molar-refractivity contribution in [1.29, 1.82) is 0 Å². The summed E-state index contributed by atoms with van der Waals surface area (Å²) in [6.07, 6.45) is 10.3. The quantitative estimate of drug-likeness (QED) is 0.319. The minimum absolute atomic E-state index is 0.149. The standard InChI is InChI=1S/C27H32N4O3/c32-31(33)24-14-12-23(13-15-24)30-16-6-7-20(19-30)17-22-10-4-5-11-25(22)29-27-28-18-26(34-27)21-8-2-1-3-9-21/h1-3,8-9,12-15,18,20,22,25H,4-7,10-11,16-17,19H2,(H,28,29)/t20-,22+,25-/m1/s1. The maximum atomic E-state index is 11.0. The van der Waals surface area contributed by atoms with Crippen molar-refractivity contribution in [3.05, 3.63) is 70.9 Å². The van der Waals surface area contributed by atoms with Gasteiger partial charge in [-0.05, 0) is 56.1 Å². The number of nitrogens with zero attached hydrogens (tertiary/aromatic N) is 3. The number of anilines is 2. The van der Waals surface area contributed by atoms with Gasteiger partial charge in [0.2, 0.25) is 0 Å². The lowest BCUT2D eigenvalue weighted by atomic mass is 9.77. The van der Waals surface area contributed by atoms with E-state index in [0.717, 1.165) is 42.9 Å².